The average Bonchev–Trinajstić information content (AvgIpc) is 2.70. The van der Waals surface area contributed by atoms with Crippen molar-refractivity contribution < 1.29 is 0 Å². The summed E-state index contributed by atoms with van der Waals surface area (Å²) in [7, 11) is 0. The third-order valence-electron chi connectivity index (χ3n) is 2.62. The first-order valence-electron chi connectivity index (χ1n) is 5.18. The Hall–Kier alpha value is -1.42. The molecule has 3 nitrogen and oxygen atoms in total. The van der Waals surface area contributed by atoms with Gasteiger partial charge in [0.25, 0.3) is 0 Å². The van der Waals surface area contributed by atoms with Crippen LogP contribution in [0.25, 0.3) is 0 Å². The predicted molar refractivity (Wildman–Crippen MR) is 66.9 cm³/mol. The molecule has 0 amide bonds. The summed E-state index contributed by atoms with van der Waals surface area (Å²) >= 11 is 3.41. The molecule has 0 bridgehead atoms. The molecule has 0 saturated carbocycles. The van der Waals surface area contributed by atoms with Gasteiger partial charge in [0.05, 0.1) is 24.5 Å². The van der Waals surface area contributed by atoms with Crippen molar-refractivity contribution in [3.05, 3.63) is 52.3 Å². The number of aliphatic imine (C=N–C) groups is 1. The quantitative estimate of drug-likeness (QED) is 0.787. The van der Waals surface area contributed by atoms with Gasteiger partial charge in [-0.2, -0.15) is 5.10 Å². The molecule has 2 aromatic rings. The van der Waals surface area contributed by atoms with E-state index in [0.717, 1.165) is 34.7 Å². The standard InChI is InChI=1S/C12H10BrN3/c13-11-8-10-12(9-4-2-1-3-5-9)14-6-7-16(10)15-11/h1-5,8H,6-7H2. The van der Waals surface area contributed by atoms with Crippen LogP contribution in [0.15, 0.2) is 46.0 Å². The molecule has 0 unspecified atom stereocenters. The van der Waals surface area contributed by atoms with Crippen LogP contribution in [-0.2, 0) is 6.54 Å². The monoisotopic (exact) mass is 275 g/mol. The minimum absolute atomic E-state index is 0.797. The topological polar surface area (TPSA) is 30.2 Å². The second-order valence-corrected chi connectivity index (χ2v) is 4.48. The van der Waals surface area contributed by atoms with Gasteiger partial charge in [0.1, 0.15) is 4.60 Å². The molecule has 0 saturated heterocycles. The summed E-state index contributed by atoms with van der Waals surface area (Å²) in [4.78, 5) is 4.59. The first kappa shape index (κ1) is 9.78. The summed E-state index contributed by atoms with van der Waals surface area (Å²) in [6.07, 6.45) is 0. The van der Waals surface area contributed by atoms with E-state index in [0.29, 0.717) is 0 Å². The summed E-state index contributed by atoms with van der Waals surface area (Å²) in [5.41, 5.74) is 3.27. The van der Waals surface area contributed by atoms with Crippen molar-refractivity contribution in [3.8, 4) is 0 Å². The summed E-state index contributed by atoms with van der Waals surface area (Å²) < 4.78 is 2.87. The van der Waals surface area contributed by atoms with Crippen LogP contribution in [0, 0.1) is 0 Å². The second-order valence-electron chi connectivity index (χ2n) is 3.67. The van der Waals surface area contributed by atoms with Crippen molar-refractivity contribution in [2.24, 2.45) is 4.99 Å². The van der Waals surface area contributed by atoms with Crippen molar-refractivity contribution in [3.63, 3.8) is 0 Å². The van der Waals surface area contributed by atoms with Crippen molar-refractivity contribution in [1.29, 1.82) is 0 Å². The zero-order valence-electron chi connectivity index (χ0n) is 8.60. The molecule has 0 radical (unpaired) electrons. The summed E-state index contributed by atoms with van der Waals surface area (Å²) in [5.74, 6) is 0. The largest absolute Gasteiger partial charge is 0.281 e. The molecule has 0 fully saturated rings. The highest BCUT2D eigenvalue weighted by atomic mass is 79.9. The van der Waals surface area contributed by atoms with E-state index in [1.165, 1.54) is 0 Å². The van der Waals surface area contributed by atoms with Gasteiger partial charge in [-0.25, -0.2) is 0 Å². The lowest BCUT2D eigenvalue weighted by atomic mass is 10.1. The van der Waals surface area contributed by atoms with Crippen LogP contribution in [0.3, 0.4) is 0 Å². The smallest absolute Gasteiger partial charge is 0.128 e. The fraction of sp³-hybridized carbons (Fsp3) is 0.167. The maximum absolute atomic E-state index is 4.59. The maximum Gasteiger partial charge on any atom is 0.128 e. The molecule has 1 aliphatic rings. The summed E-state index contributed by atoms with van der Waals surface area (Å²) in [6, 6.07) is 12.3. The Morgan fingerprint density at radius 2 is 2.00 bits per heavy atom. The van der Waals surface area contributed by atoms with Crippen LogP contribution in [0.4, 0.5) is 0 Å². The van der Waals surface area contributed by atoms with E-state index in [1.54, 1.807) is 0 Å². The zero-order chi connectivity index (χ0) is 11.0. The number of fused-ring (bicyclic) bond motifs is 1. The second kappa shape index (κ2) is 3.87. The molecule has 0 aliphatic carbocycles. The Kier molecular flexibility index (Phi) is 2.36. The molecular formula is C12H10BrN3. The Morgan fingerprint density at radius 1 is 1.19 bits per heavy atom. The third kappa shape index (κ3) is 1.59. The lowest BCUT2D eigenvalue weighted by molar-refractivity contribution is 0.604. The number of halogens is 1. The van der Waals surface area contributed by atoms with Crippen LogP contribution >= 0.6 is 15.9 Å². The maximum atomic E-state index is 4.59. The highest BCUT2D eigenvalue weighted by molar-refractivity contribution is 9.10. The van der Waals surface area contributed by atoms with Gasteiger partial charge < -0.3 is 0 Å². The minimum Gasteiger partial charge on any atom is -0.281 e. The van der Waals surface area contributed by atoms with Crippen LogP contribution in [0.2, 0.25) is 0 Å². The molecule has 0 N–H and O–H groups in total. The number of hydrogen-bond donors (Lipinski definition) is 0. The van der Waals surface area contributed by atoms with E-state index < -0.39 is 0 Å². The van der Waals surface area contributed by atoms with Gasteiger partial charge in [-0.15, -0.1) is 0 Å². The molecule has 1 aromatic heterocycles. The van der Waals surface area contributed by atoms with Gasteiger partial charge in [-0.05, 0) is 15.9 Å². The number of aromatic nitrogens is 2. The van der Waals surface area contributed by atoms with E-state index >= 15 is 0 Å². The van der Waals surface area contributed by atoms with Gasteiger partial charge in [0.2, 0.25) is 0 Å². The van der Waals surface area contributed by atoms with Gasteiger partial charge in [-0.3, -0.25) is 9.67 Å². The van der Waals surface area contributed by atoms with Crippen molar-refractivity contribution in [2.45, 2.75) is 6.54 Å². The van der Waals surface area contributed by atoms with E-state index in [4.69, 9.17) is 0 Å². The van der Waals surface area contributed by atoms with Crippen LogP contribution in [0.1, 0.15) is 11.3 Å². The fourth-order valence-electron chi connectivity index (χ4n) is 1.92. The molecule has 2 heterocycles. The SMILES string of the molecule is Brc1cc2n(n1)CCN=C2c1ccccc1. The van der Waals surface area contributed by atoms with Crippen LogP contribution in [-0.4, -0.2) is 22.0 Å². The zero-order valence-corrected chi connectivity index (χ0v) is 10.2. The highest BCUT2D eigenvalue weighted by Crippen LogP contribution is 2.18. The molecule has 0 atom stereocenters. The third-order valence-corrected chi connectivity index (χ3v) is 3.01. The highest BCUT2D eigenvalue weighted by Gasteiger charge is 2.17. The normalized spacial score (nSPS) is 14.4. The average molecular weight is 276 g/mol. The van der Waals surface area contributed by atoms with E-state index in [9.17, 15) is 0 Å². The van der Waals surface area contributed by atoms with Crippen LogP contribution in [0.5, 0.6) is 0 Å². The van der Waals surface area contributed by atoms with E-state index in [-0.39, 0.29) is 0 Å². The molecule has 80 valence electrons. The Balaban J connectivity index is 2.12. The van der Waals surface area contributed by atoms with Crippen molar-refractivity contribution in [1.82, 2.24) is 9.78 Å². The number of rotatable bonds is 1. The van der Waals surface area contributed by atoms with E-state index in [2.05, 4.69) is 38.2 Å². The molecule has 16 heavy (non-hydrogen) atoms. The summed E-state index contributed by atoms with van der Waals surface area (Å²) in [6.45, 7) is 1.66. The molecule has 4 heteroatoms. The Labute approximate surface area is 102 Å². The molecule has 3 rings (SSSR count). The number of hydrogen-bond acceptors (Lipinski definition) is 2. The lowest BCUT2D eigenvalue weighted by Crippen LogP contribution is -2.19. The van der Waals surface area contributed by atoms with E-state index in [1.807, 2.05) is 28.9 Å². The molecule has 1 aromatic carbocycles. The lowest BCUT2D eigenvalue weighted by Gasteiger charge is -2.14. The molecule has 0 spiro atoms. The van der Waals surface area contributed by atoms with Gasteiger partial charge in [0.15, 0.2) is 0 Å². The number of benzene rings is 1. The van der Waals surface area contributed by atoms with Gasteiger partial charge >= 0.3 is 0 Å². The molecular weight excluding hydrogens is 266 g/mol. The number of nitrogens with zero attached hydrogens (tertiary/aromatic N) is 3. The van der Waals surface area contributed by atoms with Crippen molar-refractivity contribution >= 4 is 21.6 Å². The Morgan fingerprint density at radius 3 is 2.81 bits per heavy atom. The minimum atomic E-state index is 0.797. The van der Waals surface area contributed by atoms with Crippen LogP contribution < -0.4 is 0 Å². The predicted octanol–water partition coefficient (Wildman–Crippen LogP) is 2.50. The molecule has 1 aliphatic heterocycles. The van der Waals surface area contributed by atoms with Crippen molar-refractivity contribution in [2.75, 3.05) is 6.54 Å². The Bertz CT molecular complexity index is 543. The van der Waals surface area contributed by atoms with Gasteiger partial charge in [0, 0.05) is 11.6 Å². The fourth-order valence-corrected chi connectivity index (χ4v) is 2.33. The summed E-state index contributed by atoms with van der Waals surface area (Å²) in [5, 5.41) is 4.38. The van der Waals surface area contributed by atoms with Gasteiger partial charge in [-0.1, -0.05) is 30.3 Å². The first-order chi connectivity index (χ1) is 7.84. The first-order valence-corrected chi connectivity index (χ1v) is 5.97.